The van der Waals surface area contributed by atoms with E-state index >= 15 is 0 Å². The van der Waals surface area contributed by atoms with Gasteiger partial charge in [-0.25, -0.2) is 0 Å². The molecule has 0 spiro atoms. The van der Waals surface area contributed by atoms with Crippen LogP contribution in [0, 0.1) is 0 Å². The molecule has 0 radical (unpaired) electrons. The quantitative estimate of drug-likeness (QED) is 0.638. The van der Waals surface area contributed by atoms with Gasteiger partial charge in [0.05, 0.1) is 29.3 Å². The van der Waals surface area contributed by atoms with Crippen LogP contribution in [-0.2, 0) is 4.79 Å². The first-order chi connectivity index (χ1) is 13.1. The first-order valence-electron chi connectivity index (χ1n) is 7.99. The fourth-order valence-electron chi connectivity index (χ4n) is 2.27. The molecule has 3 aromatic rings. The number of nitrogens with zero attached hydrogens (tertiary/aromatic N) is 2. The highest BCUT2D eigenvalue weighted by atomic mass is 35.5. The highest BCUT2D eigenvalue weighted by Gasteiger charge is 2.09. The first-order valence-corrected chi connectivity index (χ1v) is 9.35. The molecule has 138 valence electrons. The van der Waals surface area contributed by atoms with Crippen LogP contribution < -0.4 is 15.6 Å². The molecule has 3 rings (SSSR count). The number of anilines is 1. The van der Waals surface area contributed by atoms with Crippen LogP contribution in [0.25, 0.3) is 5.69 Å². The lowest BCUT2D eigenvalue weighted by Gasteiger charge is -2.08. The summed E-state index contributed by atoms with van der Waals surface area (Å²) in [5.41, 5.74) is 0.912. The van der Waals surface area contributed by atoms with Crippen LogP contribution in [0.2, 0.25) is 5.02 Å². The lowest BCUT2D eigenvalue weighted by Crippen LogP contribution is -2.20. The first kappa shape index (κ1) is 19.0. The van der Waals surface area contributed by atoms with E-state index in [0.717, 1.165) is 0 Å². The molecule has 0 aliphatic rings. The van der Waals surface area contributed by atoms with Crippen LogP contribution in [0.1, 0.15) is 0 Å². The molecule has 0 aliphatic carbocycles. The standard InChI is InChI=1S/C19H16ClN3O3S/c1-26-14-8-6-13(7-9-14)23-19(25)11-10-18(22-23)27-12-17(24)21-16-5-3-2-4-15(16)20/h2-11H,12H2,1H3,(H,21,24). The number of rotatable bonds is 6. The summed E-state index contributed by atoms with van der Waals surface area (Å²) in [6.07, 6.45) is 0. The van der Waals surface area contributed by atoms with Crippen molar-refractivity contribution in [1.82, 2.24) is 9.78 Å². The van der Waals surface area contributed by atoms with Crippen molar-refractivity contribution in [3.63, 3.8) is 0 Å². The normalized spacial score (nSPS) is 10.4. The number of thioether (sulfide) groups is 1. The second-order valence-corrected chi connectivity index (χ2v) is 6.84. The molecule has 8 heteroatoms. The van der Waals surface area contributed by atoms with Gasteiger partial charge in [0.25, 0.3) is 5.56 Å². The maximum Gasteiger partial charge on any atom is 0.271 e. The zero-order valence-electron chi connectivity index (χ0n) is 14.4. The van der Waals surface area contributed by atoms with Gasteiger partial charge in [0.1, 0.15) is 10.8 Å². The molecule has 6 nitrogen and oxygen atoms in total. The van der Waals surface area contributed by atoms with Crippen molar-refractivity contribution in [3.8, 4) is 11.4 Å². The Morgan fingerprint density at radius 1 is 1.15 bits per heavy atom. The number of methoxy groups -OCH3 is 1. The molecule has 0 atom stereocenters. The van der Waals surface area contributed by atoms with Crippen LogP contribution >= 0.6 is 23.4 Å². The number of aromatic nitrogens is 2. The summed E-state index contributed by atoms with van der Waals surface area (Å²) in [7, 11) is 1.57. The van der Waals surface area contributed by atoms with Crippen molar-refractivity contribution in [2.75, 3.05) is 18.2 Å². The smallest absolute Gasteiger partial charge is 0.271 e. The van der Waals surface area contributed by atoms with E-state index in [1.165, 1.54) is 22.5 Å². The maximum atomic E-state index is 12.1. The van der Waals surface area contributed by atoms with Gasteiger partial charge in [-0.05, 0) is 42.5 Å². The van der Waals surface area contributed by atoms with Crippen LogP contribution in [0.3, 0.4) is 0 Å². The van der Waals surface area contributed by atoms with E-state index in [4.69, 9.17) is 16.3 Å². The third-order valence-electron chi connectivity index (χ3n) is 3.59. The number of hydrogen-bond donors (Lipinski definition) is 1. The van der Waals surface area contributed by atoms with Crippen molar-refractivity contribution >= 4 is 35.0 Å². The molecule has 0 saturated heterocycles. The van der Waals surface area contributed by atoms with Crippen molar-refractivity contribution < 1.29 is 9.53 Å². The molecule has 1 amide bonds. The summed E-state index contributed by atoms with van der Waals surface area (Å²) in [4.78, 5) is 24.2. The van der Waals surface area contributed by atoms with E-state index in [-0.39, 0.29) is 17.2 Å². The molecular weight excluding hydrogens is 386 g/mol. The largest absolute Gasteiger partial charge is 0.497 e. The lowest BCUT2D eigenvalue weighted by atomic mass is 10.3. The Morgan fingerprint density at radius 2 is 1.89 bits per heavy atom. The summed E-state index contributed by atoms with van der Waals surface area (Å²) in [6, 6.07) is 17.0. The minimum absolute atomic E-state index is 0.138. The molecule has 1 heterocycles. The second kappa shape index (κ2) is 8.75. The third kappa shape index (κ3) is 4.90. The van der Waals surface area contributed by atoms with Crippen LogP contribution in [0.4, 0.5) is 5.69 Å². The van der Waals surface area contributed by atoms with Gasteiger partial charge in [0.15, 0.2) is 0 Å². The molecule has 1 aromatic heterocycles. The number of carbonyl (C=O) groups excluding carboxylic acids is 1. The van der Waals surface area contributed by atoms with E-state index in [1.54, 1.807) is 61.7 Å². The van der Waals surface area contributed by atoms with Gasteiger partial charge >= 0.3 is 0 Å². The van der Waals surface area contributed by atoms with Gasteiger partial charge < -0.3 is 10.1 Å². The average molecular weight is 402 g/mol. The Morgan fingerprint density at radius 3 is 2.59 bits per heavy atom. The van der Waals surface area contributed by atoms with Crippen molar-refractivity contribution in [2.45, 2.75) is 5.03 Å². The number of carbonyl (C=O) groups is 1. The van der Waals surface area contributed by atoms with Gasteiger partial charge in [0, 0.05) is 6.07 Å². The minimum Gasteiger partial charge on any atom is -0.497 e. The minimum atomic E-state index is -0.259. The topological polar surface area (TPSA) is 73.2 Å². The third-order valence-corrected chi connectivity index (χ3v) is 4.84. The fourth-order valence-corrected chi connectivity index (χ4v) is 3.11. The van der Waals surface area contributed by atoms with E-state index in [0.29, 0.717) is 27.2 Å². The Bertz CT molecular complexity index is 1010. The Hall–Kier alpha value is -2.77. The van der Waals surface area contributed by atoms with Crippen LogP contribution in [0.5, 0.6) is 5.75 Å². The number of halogens is 1. The number of nitrogens with one attached hydrogen (secondary N) is 1. The zero-order chi connectivity index (χ0) is 19.2. The monoisotopic (exact) mass is 401 g/mol. The Balaban J connectivity index is 1.69. The predicted molar refractivity (Wildman–Crippen MR) is 107 cm³/mol. The van der Waals surface area contributed by atoms with Gasteiger partial charge in [-0.2, -0.15) is 9.78 Å². The van der Waals surface area contributed by atoms with E-state index < -0.39 is 0 Å². The fraction of sp³-hybridized carbons (Fsp3) is 0.105. The Kier molecular flexibility index (Phi) is 6.16. The predicted octanol–water partition coefficient (Wildman–Crippen LogP) is 3.63. The SMILES string of the molecule is COc1ccc(-n2nc(SCC(=O)Nc3ccccc3Cl)ccc2=O)cc1. The molecule has 2 aromatic carbocycles. The number of para-hydroxylation sites is 1. The summed E-state index contributed by atoms with van der Waals surface area (Å²) in [5, 5.41) is 8.09. The molecule has 0 fully saturated rings. The summed E-state index contributed by atoms with van der Waals surface area (Å²) in [6.45, 7) is 0. The molecule has 0 unspecified atom stereocenters. The molecule has 0 saturated carbocycles. The molecule has 1 N–H and O–H groups in total. The van der Waals surface area contributed by atoms with Crippen molar-refractivity contribution in [1.29, 1.82) is 0 Å². The zero-order valence-corrected chi connectivity index (χ0v) is 16.0. The molecule has 0 bridgehead atoms. The molecule has 27 heavy (non-hydrogen) atoms. The van der Waals surface area contributed by atoms with Gasteiger partial charge in [-0.3, -0.25) is 9.59 Å². The lowest BCUT2D eigenvalue weighted by molar-refractivity contribution is -0.113. The highest BCUT2D eigenvalue weighted by Crippen LogP contribution is 2.21. The van der Waals surface area contributed by atoms with Crippen LogP contribution in [0.15, 0.2) is 70.5 Å². The summed E-state index contributed by atoms with van der Waals surface area (Å²) < 4.78 is 6.40. The van der Waals surface area contributed by atoms with E-state index in [9.17, 15) is 9.59 Å². The van der Waals surface area contributed by atoms with Crippen molar-refractivity contribution in [2.24, 2.45) is 0 Å². The molecular formula is C19H16ClN3O3S. The maximum absolute atomic E-state index is 12.1. The number of hydrogen-bond acceptors (Lipinski definition) is 5. The van der Waals surface area contributed by atoms with E-state index in [1.807, 2.05) is 0 Å². The number of amides is 1. The Labute approximate surface area is 165 Å². The number of ether oxygens (including phenoxy) is 1. The van der Waals surface area contributed by atoms with Crippen LogP contribution in [-0.4, -0.2) is 28.6 Å². The summed E-state index contributed by atoms with van der Waals surface area (Å²) >= 11 is 7.26. The van der Waals surface area contributed by atoms with Gasteiger partial charge in [-0.15, -0.1) is 0 Å². The van der Waals surface area contributed by atoms with Gasteiger partial charge in [0.2, 0.25) is 5.91 Å². The molecule has 0 aliphatic heterocycles. The van der Waals surface area contributed by atoms with Crippen molar-refractivity contribution in [3.05, 3.63) is 76.0 Å². The number of benzene rings is 2. The van der Waals surface area contributed by atoms with Gasteiger partial charge in [-0.1, -0.05) is 35.5 Å². The van der Waals surface area contributed by atoms with E-state index in [2.05, 4.69) is 10.4 Å². The second-order valence-electron chi connectivity index (χ2n) is 5.44. The average Bonchev–Trinajstić information content (AvgIpc) is 2.69. The highest BCUT2D eigenvalue weighted by molar-refractivity contribution is 7.99. The summed E-state index contributed by atoms with van der Waals surface area (Å²) in [5.74, 6) is 0.615.